The summed E-state index contributed by atoms with van der Waals surface area (Å²) in [5.74, 6) is -1.29. The van der Waals surface area contributed by atoms with Crippen LogP contribution in [0.1, 0.15) is 57.1 Å². The summed E-state index contributed by atoms with van der Waals surface area (Å²) in [7, 11) is 0. The first kappa shape index (κ1) is 22.8. The Hall–Kier alpha value is -3.35. The van der Waals surface area contributed by atoms with Crippen molar-refractivity contribution in [2.24, 2.45) is 0 Å². The average molecular weight is 451 g/mol. The number of hydrogen-bond acceptors (Lipinski definition) is 4. The fraction of sp³-hybridized carbons (Fsp3) is 0.423. The molecule has 7 heteroatoms. The van der Waals surface area contributed by atoms with Crippen molar-refractivity contribution < 1.29 is 24.2 Å². The highest BCUT2D eigenvalue weighted by atomic mass is 16.5. The van der Waals surface area contributed by atoms with E-state index in [1.54, 1.807) is 0 Å². The molecule has 0 bridgehead atoms. The molecule has 0 aromatic heterocycles. The first-order valence-electron chi connectivity index (χ1n) is 11.3. The number of alkyl carbamates (subject to hydrolysis) is 1. The molecule has 0 radical (unpaired) electrons. The molecular formula is C26H30N2O5. The summed E-state index contributed by atoms with van der Waals surface area (Å²) in [6.45, 7) is 5.83. The molecule has 0 saturated heterocycles. The van der Waals surface area contributed by atoms with Crippen LogP contribution in [0, 0.1) is 0 Å². The van der Waals surface area contributed by atoms with Gasteiger partial charge in [0.25, 0.3) is 0 Å². The Balaban J connectivity index is 1.43. The van der Waals surface area contributed by atoms with E-state index in [9.17, 15) is 14.4 Å². The number of amides is 2. The van der Waals surface area contributed by atoms with E-state index in [1.807, 2.05) is 45.0 Å². The highest BCUT2D eigenvalue weighted by Crippen LogP contribution is 2.44. The molecule has 2 aliphatic rings. The summed E-state index contributed by atoms with van der Waals surface area (Å²) in [4.78, 5) is 38.6. The van der Waals surface area contributed by atoms with Crippen LogP contribution in [0.25, 0.3) is 11.1 Å². The lowest BCUT2D eigenvalue weighted by Gasteiger charge is -2.38. The predicted molar refractivity (Wildman–Crippen MR) is 124 cm³/mol. The standard InChI is InChI=1S/C26H30N2O5/c1-25(2,3)28(15-12-22(29)30)23(31)26(13-14-26)27-24(32)33-16-21-19-10-6-4-8-17(19)18-9-5-7-11-20(18)21/h4-11,21H,12-16H2,1-3H3,(H,27,32)(H,29,30). The molecule has 2 N–H and O–H groups in total. The van der Waals surface area contributed by atoms with Crippen LogP contribution in [0.5, 0.6) is 0 Å². The first-order valence-corrected chi connectivity index (χ1v) is 11.3. The summed E-state index contributed by atoms with van der Waals surface area (Å²) >= 11 is 0. The van der Waals surface area contributed by atoms with Crippen LogP contribution in [-0.2, 0) is 14.3 Å². The van der Waals surface area contributed by atoms with Crippen LogP contribution < -0.4 is 5.32 Å². The number of nitrogens with zero attached hydrogens (tertiary/aromatic N) is 1. The van der Waals surface area contributed by atoms with Gasteiger partial charge in [-0.1, -0.05) is 48.5 Å². The summed E-state index contributed by atoms with van der Waals surface area (Å²) in [6, 6.07) is 16.2. The molecule has 1 fully saturated rings. The number of ether oxygens (including phenoxy) is 1. The fourth-order valence-corrected chi connectivity index (χ4v) is 4.55. The van der Waals surface area contributed by atoms with E-state index < -0.39 is 23.1 Å². The van der Waals surface area contributed by atoms with Crippen molar-refractivity contribution in [3.63, 3.8) is 0 Å². The molecule has 174 valence electrons. The molecule has 7 nitrogen and oxygen atoms in total. The van der Waals surface area contributed by atoms with Gasteiger partial charge < -0.3 is 20.1 Å². The number of carbonyl (C=O) groups is 3. The van der Waals surface area contributed by atoms with E-state index in [1.165, 1.54) is 4.90 Å². The third kappa shape index (κ3) is 4.58. The zero-order valence-electron chi connectivity index (χ0n) is 19.3. The smallest absolute Gasteiger partial charge is 0.408 e. The topological polar surface area (TPSA) is 95.9 Å². The zero-order valence-corrected chi connectivity index (χ0v) is 19.3. The highest BCUT2D eigenvalue weighted by molar-refractivity contribution is 5.93. The van der Waals surface area contributed by atoms with Gasteiger partial charge in [0.15, 0.2) is 0 Å². The summed E-state index contributed by atoms with van der Waals surface area (Å²) in [5, 5.41) is 11.8. The SMILES string of the molecule is CC(C)(C)N(CCC(=O)O)C(=O)C1(NC(=O)OCC2c3ccccc3-c3ccccc32)CC1. The Morgan fingerprint density at radius 1 is 1.03 bits per heavy atom. The second-order valence-electron chi connectivity index (χ2n) is 9.80. The molecule has 2 aromatic rings. The molecule has 0 heterocycles. The van der Waals surface area contributed by atoms with Crippen molar-refractivity contribution in [2.75, 3.05) is 13.2 Å². The molecule has 2 amide bonds. The summed E-state index contributed by atoms with van der Waals surface area (Å²) in [6.07, 6.45) is 0.241. The highest BCUT2D eigenvalue weighted by Gasteiger charge is 2.54. The lowest BCUT2D eigenvalue weighted by atomic mass is 9.98. The minimum absolute atomic E-state index is 0.0596. The van der Waals surface area contributed by atoms with Gasteiger partial charge in [-0.3, -0.25) is 9.59 Å². The van der Waals surface area contributed by atoms with Gasteiger partial charge in [0.2, 0.25) is 5.91 Å². The van der Waals surface area contributed by atoms with Crippen molar-refractivity contribution in [1.29, 1.82) is 0 Å². The quantitative estimate of drug-likeness (QED) is 0.660. The van der Waals surface area contributed by atoms with Gasteiger partial charge in [-0.2, -0.15) is 0 Å². The Kier molecular flexibility index (Phi) is 5.91. The fourth-order valence-electron chi connectivity index (χ4n) is 4.55. The second kappa shape index (κ2) is 8.54. The molecule has 2 aromatic carbocycles. The molecule has 1 saturated carbocycles. The van der Waals surface area contributed by atoms with Gasteiger partial charge in [0, 0.05) is 18.0 Å². The maximum Gasteiger partial charge on any atom is 0.408 e. The molecular weight excluding hydrogens is 420 g/mol. The average Bonchev–Trinajstić information content (AvgIpc) is 3.47. The summed E-state index contributed by atoms with van der Waals surface area (Å²) < 4.78 is 5.61. The maximum absolute atomic E-state index is 13.3. The van der Waals surface area contributed by atoms with E-state index in [0.29, 0.717) is 12.8 Å². The Morgan fingerprint density at radius 2 is 1.58 bits per heavy atom. The van der Waals surface area contributed by atoms with E-state index in [-0.39, 0.29) is 31.4 Å². The number of carbonyl (C=O) groups excluding carboxylic acids is 2. The van der Waals surface area contributed by atoms with E-state index in [0.717, 1.165) is 22.3 Å². The Bertz CT molecular complexity index is 1040. The van der Waals surface area contributed by atoms with E-state index in [4.69, 9.17) is 9.84 Å². The molecule has 4 rings (SSSR count). The van der Waals surface area contributed by atoms with Crippen molar-refractivity contribution in [1.82, 2.24) is 10.2 Å². The molecule has 0 atom stereocenters. The molecule has 0 spiro atoms. The van der Waals surface area contributed by atoms with Crippen molar-refractivity contribution in [3.8, 4) is 11.1 Å². The lowest BCUT2D eigenvalue weighted by molar-refractivity contribution is -0.142. The lowest BCUT2D eigenvalue weighted by Crippen LogP contribution is -2.56. The van der Waals surface area contributed by atoms with Crippen LogP contribution in [-0.4, -0.2) is 52.2 Å². The molecule has 0 aliphatic heterocycles. The Labute approximate surface area is 193 Å². The monoisotopic (exact) mass is 450 g/mol. The maximum atomic E-state index is 13.3. The minimum atomic E-state index is -1.02. The number of nitrogens with one attached hydrogen (secondary N) is 1. The first-order chi connectivity index (χ1) is 15.6. The second-order valence-corrected chi connectivity index (χ2v) is 9.80. The van der Waals surface area contributed by atoms with Crippen LogP contribution in [0.15, 0.2) is 48.5 Å². The Morgan fingerprint density at radius 3 is 2.06 bits per heavy atom. The van der Waals surface area contributed by atoms with Crippen molar-refractivity contribution in [2.45, 2.75) is 57.0 Å². The van der Waals surface area contributed by atoms with Gasteiger partial charge >= 0.3 is 12.1 Å². The third-order valence-electron chi connectivity index (χ3n) is 6.45. The largest absolute Gasteiger partial charge is 0.481 e. The number of carboxylic acids is 1. The predicted octanol–water partition coefficient (Wildman–Crippen LogP) is 4.16. The van der Waals surface area contributed by atoms with Crippen molar-refractivity contribution in [3.05, 3.63) is 59.7 Å². The molecule has 2 aliphatic carbocycles. The van der Waals surface area contributed by atoms with Gasteiger partial charge in [0.05, 0.1) is 6.42 Å². The number of fused-ring (bicyclic) bond motifs is 3. The van der Waals surface area contributed by atoms with E-state index in [2.05, 4.69) is 29.6 Å². The number of rotatable bonds is 7. The number of carboxylic acid groups (broad SMARTS) is 1. The van der Waals surface area contributed by atoms with Crippen LogP contribution >= 0.6 is 0 Å². The molecule has 0 unspecified atom stereocenters. The minimum Gasteiger partial charge on any atom is -0.481 e. The van der Waals surface area contributed by atoms with Crippen LogP contribution in [0.4, 0.5) is 4.79 Å². The number of aliphatic carboxylic acids is 1. The summed E-state index contributed by atoms with van der Waals surface area (Å²) in [5.41, 5.74) is 2.96. The zero-order chi connectivity index (χ0) is 23.8. The normalized spacial score (nSPS) is 15.8. The third-order valence-corrected chi connectivity index (χ3v) is 6.45. The molecule has 33 heavy (non-hydrogen) atoms. The van der Waals surface area contributed by atoms with E-state index >= 15 is 0 Å². The number of benzene rings is 2. The van der Waals surface area contributed by atoms with Crippen molar-refractivity contribution >= 4 is 18.0 Å². The van der Waals surface area contributed by atoms with Gasteiger partial charge in [-0.15, -0.1) is 0 Å². The van der Waals surface area contributed by atoms with Crippen LogP contribution in [0.2, 0.25) is 0 Å². The van der Waals surface area contributed by atoms with Crippen LogP contribution in [0.3, 0.4) is 0 Å². The van der Waals surface area contributed by atoms with Gasteiger partial charge in [0.1, 0.15) is 12.1 Å². The van der Waals surface area contributed by atoms with Gasteiger partial charge in [-0.25, -0.2) is 4.79 Å². The number of hydrogen-bond donors (Lipinski definition) is 2. The van der Waals surface area contributed by atoms with Gasteiger partial charge in [-0.05, 0) is 55.9 Å².